The van der Waals surface area contributed by atoms with E-state index in [2.05, 4.69) is 30.6 Å². The van der Waals surface area contributed by atoms with Gasteiger partial charge in [-0.15, -0.1) is 11.8 Å². The quantitative estimate of drug-likeness (QED) is 0.496. The number of halogens is 2. The third-order valence-electron chi connectivity index (χ3n) is 7.09. The number of likely N-dealkylation sites (tertiary alicyclic amines) is 2. The Bertz CT molecular complexity index is 1320. The fourth-order valence-corrected chi connectivity index (χ4v) is 7.79. The van der Waals surface area contributed by atoms with Gasteiger partial charge in [0.25, 0.3) is 0 Å². The van der Waals surface area contributed by atoms with Crippen molar-refractivity contribution < 1.29 is 13.8 Å². The Hall–Kier alpha value is -2.22. The van der Waals surface area contributed by atoms with E-state index < -0.39 is 10.8 Å². The Morgan fingerprint density at radius 1 is 0.821 bits per heavy atom. The number of nitrogens with zero attached hydrogens (tertiary/aromatic N) is 6. The molecule has 0 bridgehead atoms. The van der Waals surface area contributed by atoms with Crippen molar-refractivity contribution in [1.82, 2.24) is 29.7 Å². The zero-order chi connectivity index (χ0) is 27.7. The summed E-state index contributed by atoms with van der Waals surface area (Å²) in [4.78, 5) is 45.1. The van der Waals surface area contributed by atoms with Crippen LogP contribution in [0.25, 0.3) is 0 Å². The van der Waals surface area contributed by atoms with Crippen LogP contribution in [0, 0.1) is 0 Å². The molecule has 0 saturated carbocycles. The number of piperidine rings is 2. The summed E-state index contributed by atoms with van der Waals surface area (Å²) in [6, 6.07) is 0.337. The maximum absolute atomic E-state index is 12.0. The maximum Gasteiger partial charge on any atom is 0.224 e. The molecule has 11 nitrogen and oxygen atoms in total. The van der Waals surface area contributed by atoms with Crippen molar-refractivity contribution in [2.24, 2.45) is 0 Å². The van der Waals surface area contributed by atoms with E-state index in [9.17, 15) is 13.8 Å². The first-order valence-electron chi connectivity index (χ1n) is 12.8. The summed E-state index contributed by atoms with van der Waals surface area (Å²) < 4.78 is 12.0. The highest BCUT2D eigenvalue weighted by Gasteiger charge is 2.29. The van der Waals surface area contributed by atoms with Gasteiger partial charge in [0.15, 0.2) is 0 Å². The number of amides is 2. The molecule has 4 aliphatic heterocycles. The van der Waals surface area contributed by atoms with E-state index in [0.29, 0.717) is 54.1 Å². The SMILES string of the molecule is CN1C[C@@H](Nc2nc(Cl)nc3c2S(=O)CC3)CCC1=O.CN1C[C@@H](Nc2nc(Cl)nc3c2SCC3)CCC1=O. The summed E-state index contributed by atoms with van der Waals surface area (Å²) in [5.41, 5.74) is 1.80. The number of nitrogens with one attached hydrogen (secondary N) is 2. The second kappa shape index (κ2) is 12.1. The van der Waals surface area contributed by atoms with Crippen LogP contribution < -0.4 is 10.6 Å². The number of carbonyl (C=O) groups excluding carboxylic acids is 2. The highest BCUT2D eigenvalue weighted by atomic mass is 35.5. The minimum Gasteiger partial charge on any atom is -0.364 e. The number of carbonyl (C=O) groups is 2. The third kappa shape index (κ3) is 6.58. The predicted molar refractivity (Wildman–Crippen MR) is 152 cm³/mol. The van der Waals surface area contributed by atoms with E-state index in [1.54, 1.807) is 28.6 Å². The van der Waals surface area contributed by atoms with Crippen LogP contribution >= 0.6 is 35.0 Å². The summed E-state index contributed by atoms with van der Waals surface area (Å²) in [6.07, 6.45) is 4.29. The minimum absolute atomic E-state index is 0.102. The van der Waals surface area contributed by atoms with E-state index in [4.69, 9.17) is 23.2 Å². The average Bonchev–Trinajstić information content (AvgIpc) is 3.51. The summed E-state index contributed by atoms with van der Waals surface area (Å²) in [7, 11) is 2.55. The minimum atomic E-state index is -1.06. The van der Waals surface area contributed by atoms with Crippen molar-refractivity contribution in [3.8, 4) is 0 Å². The summed E-state index contributed by atoms with van der Waals surface area (Å²) in [5.74, 6) is 3.34. The topological polar surface area (TPSA) is 133 Å². The molecule has 0 aliphatic carbocycles. The molecule has 3 atom stereocenters. The molecule has 2 aromatic heterocycles. The van der Waals surface area contributed by atoms with Crippen molar-refractivity contribution in [3.63, 3.8) is 0 Å². The molecule has 4 aliphatic rings. The fraction of sp³-hybridized carbons (Fsp3) is 0.583. The van der Waals surface area contributed by atoms with Gasteiger partial charge in [-0.3, -0.25) is 13.8 Å². The normalized spacial score (nSPS) is 24.2. The first-order chi connectivity index (χ1) is 18.7. The number of anilines is 2. The van der Waals surface area contributed by atoms with E-state index in [0.717, 1.165) is 47.1 Å². The van der Waals surface area contributed by atoms with Gasteiger partial charge in [-0.1, -0.05) is 0 Å². The first-order valence-corrected chi connectivity index (χ1v) is 15.9. The number of aromatic nitrogens is 4. The molecule has 15 heteroatoms. The standard InChI is InChI=1S/C12H15ClN4O2S.C12H15ClN4OS/c1-17-6-7(2-3-9(17)18)14-11-10-8(4-5-20(10)19)15-12(13)16-11;1-17-6-7(2-3-9(17)18)14-11-10-8(4-5-19-10)15-12(13)16-11/h7H,2-6H2,1H3,(H,14,15,16);7H,2-6H2,1H3,(H,14,15,16)/t7-,20?;7-/m00/s1. The second-order valence-corrected chi connectivity index (χ2v) is 13.2. The molecule has 6 heterocycles. The van der Waals surface area contributed by atoms with E-state index in [1.807, 2.05) is 7.05 Å². The van der Waals surface area contributed by atoms with Gasteiger partial charge in [0, 0.05) is 76.5 Å². The molecule has 2 fully saturated rings. The molecule has 6 rings (SSSR count). The van der Waals surface area contributed by atoms with Crippen LogP contribution in [0.15, 0.2) is 9.79 Å². The van der Waals surface area contributed by atoms with Crippen LogP contribution in [-0.4, -0.2) is 96.5 Å². The smallest absolute Gasteiger partial charge is 0.224 e. The van der Waals surface area contributed by atoms with Gasteiger partial charge in [-0.2, -0.15) is 9.97 Å². The molecule has 2 saturated heterocycles. The Labute approximate surface area is 243 Å². The molecule has 0 radical (unpaired) electrons. The molecule has 0 aromatic carbocycles. The number of rotatable bonds is 4. The second-order valence-electron chi connectivity index (χ2n) is 9.94. The highest BCUT2D eigenvalue weighted by Crippen LogP contribution is 2.36. The Kier molecular flexibility index (Phi) is 8.79. The lowest BCUT2D eigenvalue weighted by Gasteiger charge is -2.30. The molecule has 2 amide bonds. The van der Waals surface area contributed by atoms with Crippen LogP contribution in [0.1, 0.15) is 37.1 Å². The van der Waals surface area contributed by atoms with E-state index in [1.165, 1.54) is 0 Å². The first kappa shape index (κ1) is 28.3. The number of thioether (sulfide) groups is 1. The number of aryl methyl sites for hydroxylation is 2. The molecule has 2 aromatic rings. The molecule has 39 heavy (non-hydrogen) atoms. The number of likely N-dealkylation sites (N-methyl/N-ethyl adjacent to an activating group) is 2. The van der Waals surface area contributed by atoms with Crippen LogP contribution in [0.5, 0.6) is 0 Å². The lowest BCUT2D eigenvalue weighted by molar-refractivity contribution is -0.132. The van der Waals surface area contributed by atoms with E-state index in [-0.39, 0.29) is 29.2 Å². The largest absolute Gasteiger partial charge is 0.364 e. The van der Waals surface area contributed by atoms with E-state index >= 15 is 0 Å². The van der Waals surface area contributed by atoms with Crippen molar-refractivity contribution in [2.45, 2.75) is 60.4 Å². The van der Waals surface area contributed by atoms with Crippen molar-refractivity contribution in [2.75, 3.05) is 49.3 Å². The summed E-state index contributed by atoms with van der Waals surface area (Å²) in [5, 5.41) is 7.17. The van der Waals surface area contributed by atoms with Crippen LogP contribution in [0.3, 0.4) is 0 Å². The van der Waals surface area contributed by atoms with Gasteiger partial charge in [-0.05, 0) is 36.0 Å². The zero-order valence-electron chi connectivity index (χ0n) is 21.7. The predicted octanol–water partition coefficient (Wildman–Crippen LogP) is 2.64. The van der Waals surface area contributed by atoms with Crippen LogP contribution in [-0.2, 0) is 33.2 Å². The van der Waals surface area contributed by atoms with Gasteiger partial charge in [0.1, 0.15) is 16.5 Å². The monoisotopic (exact) mass is 612 g/mol. The van der Waals surface area contributed by atoms with Gasteiger partial charge < -0.3 is 20.4 Å². The third-order valence-corrected chi connectivity index (χ3v) is 10.0. The molecule has 0 spiro atoms. The Morgan fingerprint density at radius 2 is 1.38 bits per heavy atom. The van der Waals surface area contributed by atoms with Gasteiger partial charge >= 0.3 is 0 Å². The fourth-order valence-electron chi connectivity index (χ4n) is 5.05. The molecule has 210 valence electrons. The number of fused-ring (bicyclic) bond motifs is 2. The molecule has 1 unspecified atom stereocenters. The Balaban J connectivity index is 0.000000158. The van der Waals surface area contributed by atoms with Gasteiger partial charge in [0.2, 0.25) is 22.4 Å². The summed E-state index contributed by atoms with van der Waals surface area (Å²) in [6.45, 7) is 1.32. The van der Waals surface area contributed by atoms with Gasteiger partial charge in [-0.25, -0.2) is 9.97 Å². The summed E-state index contributed by atoms with van der Waals surface area (Å²) >= 11 is 13.6. The van der Waals surface area contributed by atoms with Crippen molar-refractivity contribution in [1.29, 1.82) is 0 Å². The number of hydrogen-bond donors (Lipinski definition) is 2. The highest BCUT2D eigenvalue weighted by molar-refractivity contribution is 7.99. The lowest BCUT2D eigenvalue weighted by atomic mass is 10.1. The lowest BCUT2D eigenvalue weighted by Crippen LogP contribution is -2.43. The molecular weight excluding hydrogens is 583 g/mol. The van der Waals surface area contributed by atoms with Crippen molar-refractivity contribution in [3.05, 3.63) is 22.0 Å². The van der Waals surface area contributed by atoms with Gasteiger partial charge in [0.05, 0.1) is 27.1 Å². The maximum atomic E-state index is 12.0. The molecular formula is C24H30Cl2N8O3S2. The number of hydrogen-bond acceptors (Lipinski definition) is 10. The average molecular weight is 614 g/mol. The van der Waals surface area contributed by atoms with Crippen LogP contribution in [0.2, 0.25) is 10.6 Å². The van der Waals surface area contributed by atoms with Crippen molar-refractivity contribution >= 4 is 69.2 Å². The molecule has 2 N–H and O–H groups in total. The zero-order valence-corrected chi connectivity index (χ0v) is 24.9. The van der Waals surface area contributed by atoms with Crippen LogP contribution in [0.4, 0.5) is 11.6 Å². The Morgan fingerprint density at radius 3 is 2.00 bits per heavy atom.